The Hall–Kier alpha value is -2.43. The Morgan fingerprint density at radius 3 is 2.40 bits per heavy atom. The molecule has 0 aliphatic heterocycles. The number of carbonyl (C=O) groups excluding carboxylic acids is 1. The Bertz CT molecular complexity index is 656. The van der Waals surface area contributed by atoms with Gasteiger partial charge in [-0.3, -0.25) is 0 Å². The molecule has 2 aromatic rings. The van der Waals surface area contributed by atoms with Crippen LogP contribution in [0.5, 0.6) is 0 Å². The van der Waals surface area contributed by atoms with Crippen molar-refractivity contribution in [3.63, 3.8) is 0 Å². The van der Waals surface area contributed by atoms with Crippen LogP contribution in [0.3, 0.4) is 0 Å². The zero-order valence-electron chi connectivity index (χ0n) is 11.1. The van der Waals surface area contributed by atoms with Crippen molar-refractivity contribution in [2.45, 2.75) is 13.8 Å². The fourth-order valence-corrected chi connectivity index (χ4v) is 1.73. The molecule has 0 atom stereocenters. The number of carbonyl (C=O) groups is 1. The zero-order chi connectivity index (χ0) is 14.7. The van der Waals surface area contributed by atoms with Crippen LogP contribution >= 0.6 is 0 Å². The molecule has 0 aliphatic rings. The molecule has 2 aromatic carbocycles. The Morgan fingerprint density at radius 2 is 1.70 bits per heavy atom. The number of aryl methyl sites for hydroxylation is 2. The van der Waals surface area contributed by atoms with Crippen LogP contribution in [-0.4, -0.2) is 6.03 Å². The molecule has 5 heteroatoms. The fourth-order valence-electron chi connectivity index (χ4n) is 1.73. The summed E-state index contributed by atoms with van der Waals surface area (Å²) in [5.41, 5.74) is 2.78. The molecular weight excluding hydrogens is 262 g/mol. The van der Waals surface area contributed by atoms with Gasteiger partial charge in [0.15, 0.2) is 11.6 Å². The van der Waals surface area contributed by atoms with E-state index in [0.717, 1.165) is 23.3 Å². The van der Waals surface area contributed by atoms with E-state index in [1.54, 1.807) is 0 Å². The summed E-state index contributed by atoms with van der Waals surface area (Å²) in [6.07, 6.45) is 0. The minimum atomic E-state index is -1.01. The number of halogens is 2. The predicted molar refractivity (Wildman–Crippen MR) is 74.9 cm³/mol. The van der Waals surface area contributed by atoms with E-state index in [-0.39, 0.29) is 5.69 Å². The number of anilines is 2. The van der Waals surface area contributed by atoms with Crippen LogP contribution in [0.4, 0.5) is 25.0 Å². The van der Waals surface area contributed by atoms with Gasteiger partial charge >= 0.3 is 6.03 Å². The highest BCUT2D eigenvalue weighted by Crippen LogP contribution is 2.17. The third-order valence-electron chi connectivity index (χ3n) is 2.82. The second kappa shape index (κ2) is 5.69. The monoisotopic (exact) mass is 276 g/mol. The molecule has 0 bridgehead atoms. The quantitative estimate of drug-likeness (QED) is 0.847. The lowest BCUT2D eigenvalue weighted by Crippen LogP contribution is -2.20. The molecule has 104 valence electrons. The largest absolute Gasteiger partial charge is 0.323 e. The van der Waals surface area contributed by atoms with E-state index < -0.39 is 17.7 Å². The van der Waals surface area contributed by atoms with Crippen molar-refractivity contribution in [2.24, 2.45) is 0 Å². The molecule has 2 N–H and O–H groups in total. The van der Waals surface area contributed by atoms with Crippen molar-refractivity contribution in [1.82, 2.24) is 0 Å². The van der Waals surface area contributed by atoms with Gasteiger partial charge in [-0.15, -0.1) is 0 Å². The first-order valence-electron chi connectivity index (χ1n) is 6.06. The first-order chi connectivity index (χ1) is 9.45. The van der Waals surface area contributed by atoms with Gasteiger partial charge in [0.05, 0.1) is 0 Å². The van der Waals surface area contributed by atoms with Crippen LogP contribution in [0.1, 0.15) is 11.1 Å². The summed E-state index contributed by atoms with van der Waals surface area (Å²) in [4.78, 5) is 11.8. The van der Waals surface area contributed by atoms with Crippen LogP contribution in [0.15, 0.2) is 36.4 Å². The van der Waals surface area contributed by atoms with Crippen molar-refractivity contribution in [1.29, 1.82) is 0 Å². The normalized spacial score (nSPS) is 10.2. The Morgan fingerprint density at radius 1 is 0.950 bits per heavy atom. The first kappa shape index (κ1) is 14.0. The number of nitrogens with one attached hydrogen (secondary N) is 2. The standard InChI is InChI=1S/C15H14F2N2O/c1-9-3-4-10(2)14(7-9)19-15(20)18-11-5-6-12(16)13(17)8-11/h3-8H,1-2H3,(H2,18,19,20). The molecule has 0 spiro atoms. The number of rotatable bonds is 2. The summed E-state index contributed by atoms with van der Waals surface area (Å²) in [6, 6.07) is 8.34. The van der Waals surface area contributed by atoms with Gasteiger partial charge in [-0.25, -0.2) is 13.6 Å². The van der Waals surface area contributed by atoms with Crippen molar-refractivity contribution in [2.75, 3.05) is 10.6 Å². The van der Waals surface area contributed by atoms with E-state index in [4.69, 9.17) is 0 Å². The van der Waals surface area contributed by atoms with Gasteiger partial charge in [0, 0.05) is 17.4 Å². The van der Waals surface area contributed by atoms with Gasteiger partial charge in [0.2, 0.25) is 0 Å². The lowest BCUT2D eigenvalue weighted by atomic mass is 10.1. The summed E-state index contributed by atoms with van der Waals surface area (Å²) in [6.45, 7) is 3.78. The van der Waals surface area contributed by atoms with Crippen LogP contribution in [-0.2, 0) is 0 Å². The fraction of sp³-hybridized carbons (Fsp3) is 0.133. The van der Waals surface area contributed by atoms with E-state index in [1.807, 2.05) is 32.0 Å². The number of hydrogen-bond acceptors (Lipinski definition) is 1. The van der Waals surface area contributed by atoms with E-state index in [9.17, 15) is 13.6 Å². The molecule has 0 saturated carbocycles. The highest BCUT2D eigenvalue weighted by atomic mass is 19.2. The molecule has 0 heterocycles. The highest BCUT2D eigenvalue weighted by Gasteiger charge is 2.07. The number of benzene rings is 2. The van der Waals surface area contributed by atoms with Gasteiger partial charge in [-0.2, -0.15) is 0 Å². The SMILES string of the molecule is Cc1ccc(C)c(NC(=O)Nc2ccc(F)c(F)c2)c1. The second-order valence-corrected chi connectivity index (χ2v) is 4.53. The van der Waals surface area contributed by atoms with Crippen LogP contribution < -0.4 is 10.6 Å². The lowest BCUT2D eigenvalue weighted by molar-refractivity contribution is 0.262. The molecule has 2 amide bonds. The third kappa shape index (κ3) is 3.32. The van der Waals surface area contributed by atoms with E-state index in [2.05, 4.69) is 10.6 Å². The van der Waals surface area contributed by atoms with Crippen LogP contribution in [0, 0.1) is 25.5 Å². The Labute approximate surface area is 115 Å². The van der Waals surface area contributed by atoms with E-state index >= 15 is 0 Å². The van der Waals surface area contributed by atoms with Gasteiger partial charge < -0.3 is 10.6 Å². The molecule has 0 aromatic heterocycles. The minimum absolute atomic E-state index is 0.187. The first-order valence-corrected chi connectivity index (χ1v) is 6.06. The molecular formula is C15H14F2N2O. The minimum Gasteiger partial charge on any atom is -0.308 e. The molecule has 20 heavy (non-hydrogen) atoms. The molecule has 3 nitrogen and oxygen atoms in total. The number of urea groups is 1. The van der Waals surface area contributed by atoms with Crippen molar-refractivity contribution in [3.05, 3.63) is 59.2 Å². The summed E-state index contributed by atoms with van der Waals surface area (Å²) < 4.78 is 25.8. The highest BCUT2D eigenvalue weighted by molar-refractivity contribution is 6.00. The molecule has 0 aliphatic carbocycles. The lowest BCUT2D eigenvalue weighted by Gasteiger charge is -2.10. The maximum atomic E-state index is 13.0. The van der Waals surface area contributed by atoms with Gasteiger partial charge in [-0.1, -0.05) is 12.1 Å². The molecule has 2 rings (SSSR count). The van der Waals surface area contributed by atoms with E-state index in [0.29, 0.717) is 5.69 Å². The summed E-state index contributed by atoms with van der Waals surface area (Å²) in [5, 5.41) is 5.12. The van der Waals surface area contributed by atoms with Crippen LogP contribution in [0.25, 0.3) is 0 Å². The van der Waals surface area contributed by atoms with Crippen LogP contribution in [0.2, 0.25) is 0 Å². The van der Waals surface area contributed by atoms with Crippen molar-refractivity contribution >= 4 is 17.4 Å². The maximum Gasteiger partial charge on any atom is 0.323 e. The second-order valence-electron chi connectivity index (χ2n) is 4.53. The number of hydrogen-bond donors (Lipinski definition) is 2. The van der Waals surface area contributed by atoms with Crippen molar-refractivity contribution in [3.8, 4) is 0 Å². The molecule has 0 unspecified atom stereocenters. The predicted octanol–water partition coefficient (Wildman–Crippen LogP) is 4.23. The summed E-state index contributed by atoms with van der Waals surface area (Å²) in [7, 11) is 0. The summed E-state index contributed by atoms with van der Waals surface area (Å²) in [5.74, 6) is -1.96. The molecule has 0 fully saturated rings. The smallest absolute Gasteiger partial charge is 0.308 e. The van der Waals surface area contributed by atoms with Crippen molar-refractivity contribution < 1.29 is 13.6 Å². The van der Waals surface area contributed by atoms with Gasteiger partial charge in [0.1, 0.15) is 0 Å². The average molecular weight is 276 g/mol. The van der Waals surface area contributed by atoms with Gasteiger partial charge in [-0.05, 0) is 43.2 Å². The average Bonchev–Trinajstić information content (AvgIpc) is 2.38. The Kier molecular flexibility index (Phi) is 3.98. The maximum absolute atomic E-state index is 13.0. The number of amides is 2. The molecule has 0 radical (unpaired) electrons. The molecule has 0 saturated heterocycles. The topological polar surface area (TPSA) is 41.1 Å². The third-order valence-corrected chi connectivity index (χ3v) is 2.82. The Balaban J connectivity index is 2.09. The van der Waals surface area contributed by atoms with Gasteiger partial charge in [0.25, 0.3) is 0 Å². The van der Waals surface area contributed by atoms with E-state index in [1.165, 1.54) is 6.07 Å². The zero-order valence-corrected chi connectivity index (χ0v) is 11.1. The summed E-state index contributed by atoms with van der Waals surface area (Å²) >= 11 is 0.